The standard InChI is InChI=1S/C13H15NO3/c1-13(2,12(16)17-3)9-4-5-10-8(6-9)7-11(15)14-10/h4-6H,7H2,1-3H3,(H,14,15). The van der Waals surface area contributed by atoms with E-state index in [9.17, 15) is 9.59 Å². The monoisotopic (exact) mass is 233 g/mol. The van der Waals surface area contributed by atoms with Crippen LogP contribution in [-0.4, -0.2) is 19.0 Å². The predicted molar refractivity (Wildman–Crippen MR) is 63.8 cm³/mol. The minimum atomic E-state index is -0.699. The maximum absolute atomic E-state index is 11.7. The summed E-state index contributed by atoms with van der Waals surface area (Å²) in [5.41, 5.74) is 1.93. The zero-order valence-electron chi connectivity index (χ0n) is 10.2. The van der Waals surface area contributed by atoms with Gasteiger partial charge in [-0.2, -0.15) is 0 Å². The van der Waals surface area contributed by atoms with Crippen molar-refractivity contribution in [3.8, 4) is 0 Å². The number of fused-ring (bicyclic) bond motifs is 1. The summed E-state index contributed by atoms with van der Waals surface area (Å²) in [7, 11) is 1.38. The van der Waals surface area contributed by atoms with Crippen LogP contribution in [0, 0.1) is 0 Å². The maximum Gasteiger partial charge on any atom is 0.315 e. The number of carbonyl (C=O) groups excluding carboxylic acids is 2. The number of ether oxygens (including phenoxy) is 1. The molecule has 1 N–H and O–H groups in total. The van der Waals surface area contributed by atoms with Gasteiger partial charge in [-0.1, -0.05) is 12.1 Å². The number of nitrogens with one attached hydrogen (secondary N) is 1. The van der Waals surface area contributed by atoms with Crippen LogP contribution in [-0.2, 0) is 26.2 Å². The molecule has 0 unspecified atom stereocenters. The van der Waals surface area contributed by atoms with Crippen LogP contribution < -0.4 is 5.32 Å². The van der Waals surface area contributed by atoms with Crippen LogP contribution in [0.25, 0.3) is 0 Å². The zero-order valence-corrected chi connectivity index (χ0v) is 10.2. The van der Waals surface area contributed by atoms with Crippen molar-refractivity contribution in [2.75, 3.05) is 12.4 Å². The molecular weight excluding hydrogens is 218 g/mol. The number of methoxy groups -OCH3 is 1. The molecule has 1 aliphatic rings. The summed E-state index contributed by atoms with van der Waals surface area (Å²) < 4.78 is 4.79. The van der Waals surface area contributed by atoms with Crippen LogP contribution >= 0.6 is 0 Å². The van der Waals surface area contributed by atoms with E-state index in [2.05, 4.69) is 5.32 Å². The first-order chi connectivity index (χ1) is 7.95. The van der Waals surface area contributed by atoms with E-state index in [0.29, 0.717) is 6.42 Å². The second-order valence-electron chi connectivity index (χ2n) is 4.71. The second kappa shape index (κ2) is 3.87. The SMILES string of the molecule is COC(=O)C(C)(C)c1ccc2c(c1)CC(=O)N2. The van der Waals surface area contributed by atoms with Crippen LogP contribution in [0.5, 0.6) is 0 Å². The molecule has 2 rings (SSSR count). The number of anilines is 1. The average Bonchev–Trinajstić information content (AvgIpc) is 2.66. The lowest BCUT2D eigenvalue weighted by Gasteiger charge is -2.22. The fourth-order valence-corrected chi connectivity index (χ4v) is 1.99. The minimum Gasteiger partial charge on any atom is -0.468 e. The summed E-state index contributed by atoms with van der Waals surface area (Å²) in [6.45, 7) is 3.62. The van der Waals surface area contributed by atoms with E-state index in [4.69, 9.17) is 4.74 Å². The first-order valence-corrected chi connectivity index (χ1v) is 5.47. The molecule has 0 fully saturated rings. The van der Waals surface area contributed by atoms with Crippen molar-refractivity contribution >= 4 is 17.6 Å². The van der Waals surface area contributed by atoms with Crippen LogP contribution in [0.3, 0.4) is 0 Å². The first kappa shape index (κ1) is 11.6. The number of hydrogen-bond acceptors (Lipinski definition) is 3. The Hall–Kier alpha value is -1.84. The van der Waals surface area contributed by atoms with E-state index in [1.807, 2.05) is 32.0 Å². The molecule has 1 aromatic carbocycles. The Morgan fingerprint density at radius 2 is 2.12 bits per heavy atom. The van der Waals surface area contributed by atoms with Crippen LogP contribution in [0.2, 0.25) is 0 Å². The van der Waals surface area contributed by atoms with Crippen molar-refractivity contribution < 1.29 is 14.3 Å². The molecule has 0 saturated carbocycles. The van der Waals surface area contributed by atoms with E-state index in [1.165, 1.54) is 7.11 Å². The van der Waals surface area contributed by atoms with Crippen molar-refractivity contribution in [3.63, 3.8) is 0 Å². The van der Waals surface area contributed by atoms with Crippen LogP contribution in [0.4, 0.5) is 5.69 Å². The lowest BCUT2D eigenvalue weighted by Crippen LogP contribution is -2.30. The number of amides is 1. The van der Waals surface area contributed by atoms with Gasteiger partial charge >= 0.3 is 5.97 Å². The Morgan fingerprint density at radius 3 is 2.76 bits per heavy atom. The van der Waals surface area contributed by atoms with Gasteiger partial charge in [0.05, 0.1) is 18.9 Å². The van der Waals surface area contributed by atoms with Crippen molar-refractivity contribution in [2.24, 2.45) is 0 Å². The predicted octanol–water partition coefficient (Wildman–Crippen LogP) is 1.63. The number of carbonyl (C=O) groups is 2. The average molecular weight is 233 g/mol. The number of hydrogen-bond donors (Lipinski definition) is 1. The molecule has 0 spiro atoms. The lowest BCUT2D eigenvalue weighted by atomic mass is 9.83. The summed E-state index contributed by atoms with van der Waals surface area (Å²) in [4.78, 5) is 22.9. The molecule has 0 radical (unpaired) electrons. The normalized spacial score (nSPS) is 14.2. The molecule has 1 amide bonds. The smallest absolute Gasteiger partial charge is 0.315 e. The highest BCUT2D eigenvalue weighted by molar-refractivity contribution is 5.99. The van der Waals surface area contributed by atoms with Gasteiger partial charge in [0, 0.05) is 5.69 Å². The van der Waals surface area contributed by atoms with E-state index in [-0.39, 0.29) is 11.9 Å². The van der Waals surface area contributed by atoms with Gasteiger partial charge < -0.3 is 10.1 Å². The molecule has 0 atom stereocenters. The largest absolute Gasteiger partial charge is 0.468 e. The fourth-order valence-electron chi connectivity index (χ4n) is 1.99. The third-order valence-corrected chi connectivity index (χ3v) is 3.15. The Balaban J connectivity index is 2.39. The van der Waals surface area contributed by atoms with Crippen LogP contribution in [0.15, 0.2) is 18.2 Å². The summed E-state index contributed by atoms with van der Waals surface area (Å²) in [5, 5.41) is 2.76. The highest BCUT2D eigenvalue weighted by Crippen LogP contribution is 2.30. The van der Waals surface area contributed by atoms with Crippen LogP contribution in [0.1, 0.15) is 25.0 Å². The molecule has 4 nitrogen and oxygen atoms in total. The summed E-state index contributed by atoms with van der Waals surface area (Å²) in [6, 6.07) is 5.58. The molecule has 1 heterocycles. The van der Waals surface area contributed by atoms with Crippen molar-refractivity contribution in [2.45, 2.75) is 25.7 Å². The molecule has 0 aliphatic carbocycles. The van der Waals surface area contributed by atoms with Gasteiger partial charge in [0.25, 0.3) is 0 Å². The first-order valence-electron chi connectivity index (χ1n) is 5.47. The molecule has 1 aromatic rings. The highest BCUT2D eigenvalue weighted by atomic mass is 16.5. The number of rotatable bonds is 2. The molecule has 1 aliphatic heterocycles. The van der Waals surface area contributed by atoms with Gasteiger partial charge in [-0.25, -0.2) is 0 Å². The summed E-state index contributed by atoms with van der Waals surface area (Å²) >= 11 is 0. The Labute approximate surface area is 100.0 Å². The Bertz CT molecular complexity index is 491. The number of benzene rings is 1. The zero-order chi connectivity index (χ0) is 12.6. The van der Waals surface area contributed by atoms with Gasteiger partial charge in [0.2, 0.25) is 5.91 Å². The number of esters is 1. The topological polar surface area (TPSA) is 55.4 Å². The lowest BCUT2D eigenvalue weighted by molar-refractivity contribution is -0.146. The molecule has 0 aromatic heterocycles. The quantitative estimate of drug-likeness (QED) is 0.790. The van der Waals surface area contributed by atoms with Gasteiger partial charge in [-0.15, -0.1) is 0 Å². The third-order valence-electron chi connectivity index (χ3n) is 3.15. The maximum atomic E-state index is 11.7. The van der Waals surface area contributed by atoms with E-state index in [1.54, 1.807) is 0 Å². The van der Waals surface area contributed by atoms with Gasteiger partial charge in [0.1, 0.15) is 0 Å². The highest BCUT2D eigenvalue weighted by Gasteiger charge is 2.32. The van der Waals surface area contributed by atoms with E-state index >= 15 is 0 Å². The van der Waals surface area contributed by atoms with Gasteiger partial charge in [-0.3, -0.25) is 9.59 Å². The minimum absolute atomic E-state index is 0.00646. The molecule has 4 heteroatoms. The van der Waals surface area contributed by atoms with Crippen molar-refractivity contribution in [3.05, 3.63) is 29.3 Å². The molecular formula is C13H15NO3. The molecule has 17 heavy (non-hydrogen) atoms. The van der Waals surface area contributed by atoms with Gasteiger partial charge in [-0.05, 0) is 31.0 Å². The molecule has 0 saturated heterocycles. The Kier molecular flexibility index (Phi) is 2.65. The second-order valence-corrected chi connectivity index (χ2v) is 4.71. The summed E-state index contributed by atoms with van der Waals surface area (Å²) in [5.74, 6) is -0.289. The van der Waals surface area contributed by atoms with Gasteiger partial charge in [0.15, 0.2) is 0 Å². The molecule has 0 bridgehead atoms. The molecule has 90 valence electrons. The third kappa shape index (κ3) is 1.90. The fraction of sp³-hybridized carbons (Fsp3) is 0.385. The summed E-state index contributed by atoms with van der Waals surface area (Å²) in [6.07, 6.45) is 0.375. The van der Waals surface area contributed by atoms with E-state index < -0.39 is 5.41 Å². The Morgan fingerprint density at radius 1 is 1.41 bits per heavy atom. The van der Waals surface area contributed by atoms with Crippen molar-refractivity contribution in [1.82, 2.24) is 0 Å². The van der Waals surface area contributed by atoms with Crippen molar-refractivity contribution in [1.29, 1.82) is 0 Å². The van der Waals surface area contributed by atoms with E-state index in [0.717, 1.165) is 16.8 Å².